The van der Waals surface area contributed by atoms with E-state index in [0.717, 1.165) is 16.5 Å². The first-order valence-electron chi connectivity index (χ1n) is 10.7. The number of nitrogens with one attached hydrogen (secondary N) is 1. The Morgan fingerprint density at radius 1 is 1.23 bits per heavy atom. The normalized spacial score (nSPS) is 19.5. The predicted molar refractivity (Wildman–Crippen MR) is 121 cm³/mol. The Morgan fingerprint density at radius 2 is 1.90 bits per heavy atom. The van der Waals surface area contributed by atoms with Crippen molar-refractivity contribution in [1.82, 2.24) is 9.55 Å². The molecule has 7 heteroatoms. The van der Waals surface area contributed by atoms with Crippen molar-refractivity contribution in [3.05, 3.63) is 35.7 Å². The third-order valence-electron chi connectivity index (χ3n) is 6.40. The lowest BCUT2D eigenvalue weighted by Crippen LogP contribution is -2.60. The molecule has 160 valence electrons. The zero-order valence-electron chi connectivity index (χ0n) is 18.4. The summed E-state index contributed by atoms with van der Waals surface area (Å²) < 4.78 is 2.33. The third-order valence-corrected chi connectivity index (χ3v) is 7.46. The minimum atomic E-state index is -0.965. The molecule has 2 heterocycles. The van der Waals surface area contributed by atoms with Crippen LogP contribution >= 0.6 is 11.8 Å². The molecule has 1 aliphatic heterocycles. The first kappa shape index (κ1) is 21.0. The summed E-state index contributed by atoms with van der Waals surface area (Å²) in [6.45, 7) is 9.65. The van der Waals surface area contributed by atoms with Crippen LogP contribution in [0.25, 0.3) is 0 Å². The van der Waals surface area contributed by atoms with Crippen molar-refractivity contribution >= 4 is 35.0 Å². The van der Waals surface area contributed by atoms with Gasteiger partial charge in [0.05, 0.1) is 22.3 Å². The Kier molecular flexibility index (Phi) is 5.43. The highest BCUT2D eigenvalue weighted by Crippen LogP contribution is 2.40. The van der Waals surface area contributed by atoms with Crippen LogP contribution in [0.4, 0.5) is 11.4 Å². The number of rotatable bonds is 4. The van der Waals surface area contributed by atoms with Gasteiger partial charge < -0.3 is 9.88 Å². The van der Waals surface area contributed by atoms with Crippen LogP contribution in [0, 0.1) is 13.8 Å². The average molecular weight is 427 g/mol. The fourth-order valence-corrected chi connectivity index (χ4v) is 5.62. The average Bonchev–Trinajstić information content (AvgIpc) is 3.30. The molecule has 1 aromatic heterocycles. The second kappa shape index (κ2) is 7.76. The molecule has 2 amide bonds. The summed E-state index contributed by atoms with van der Waals surface area (Å²) >= 11 is 1.50. The largest absolute Gasteiger partial charge is 0.322 e. The molecule has 0 spiro atoms. The van der Waals surface area contributed by atoms with E-state index in [1.807, 2.05) is 38.1 Å². The summed E-state index contributed by atoms with van der Waals surface area (Å²) in [4.78, 5) is 32.8. The number of aromatic nitrogens is 2. The first-order valence-corrected chi connectivity index (χ1v) is 11.6. The van der Waals surface area contributed by atoms with Gasteiger partial charge in [-0.1, -0.05) is 36.7 Å². The Labute approximate surface area is 182 Å². The molecule has 2 aliphatic rings. The van der Waals surface area contributed by atoms with Crippen LogP contribution in [0.2, 0.25) is 0 Å². The first-order chi connectivity index (χ1) is 14.2. The molecule has 30 heavy (non-hydrogen) atoms. The number of benzene rings is 1. The van der Waals surface area contributed by atoms with Gasteiger partial charge in [-0.15, -0.1) is 0 Å². The number of para-hydroxylation sites is 2. The van der Waals surface area contributed by atoms with Gasteiger partial charge in [0, 0.05) is 11.7 Å². The molecule has 2 aromatic rings. The van der Waals surface area contributed by atoms with Gasteiger partial charge in [-0.05, 0) is 59.6 Å². The minimum absolute atomic E-state index is 0.0800. The van der Waals surface area contributed by atoms with Crippen LogP contribution < -0.4 is 10.2 Å². The van der Waals surface area contributed by atoms with Crippen molar-refractivity contribution in [1.29, 1.82) is 0 Å². The molecule has 6 nitrogen and oxygen atoms in total. The van der Waals surface area contributed by atoms with E-state index in [0.29, 0.717) is 11.7 Å². The molecule has 1 fully saturated rings. The van der Waals surface area contributed by atoms with Crippen molar-refractivity contribution in [2.75, 3.05) is 10.2 Å². The maximum atomic E-state index is 13.6. The van der Waals surface area contributed by atoms with E-state index in [9.17, 15) is 9.59 Å². The Balaban J connectivity index is 1.65. The monoisotopic (exact) mass is 426 g/mol. The number of amides is 2. The molecule has 1 unspecified atom stereocenters. The van der Waals surface area contributed by atoms with E-state index in [2.05, 4.69) is 16.8 Å². The van der Waals surface area contributed by atoms with Crippen LogP contribution in [0.3, 0.4) is 0 Å². The van der Waals surface area contributed by atoms with E-state index >= 15 is 0 Å². The lowest BCUT2D eigenvalue weighted by Gasteiger charge is -2.43. The molecule has 1 aromatic carbocycles. The molecule has 4 rings (SSSR count). The van der Waals surface area contributed by atoms with Gasteiger partial charge in [0.2, 0.25) is 11.8 Å². The van der Waals surface area contributed by atoms with E-state index in [4.69, 9.17) is 4.98 Å². The predicted octanol–water partition coefficient (Wildman–Crippen LogP) is 4.86. The Hall–Kier alpha value is -2.28. The number of aryl methyl sites for hydroxylation is 1. The maximum absolute atomic E-state index is 13.6. The van der Waals surface area contributed by atoms with Crippen molar-refractivity contribution in [2.45, 2.75) is 82.3 Å². The fourth-order valence-electron chi connectivity index (χ4n) is 4.51. The number of fused-ring (bicyclic) bond motifs is 1. The molecular weight excluding hydrogens is 396 g/mol. The second-order valence-electron chi connectivity index (χ2n) is 8.84. The van der Waals surface area contributed by atoms with Crippen LogP contribution in [0.5, 0.6) is 0 Å². The summed E-state index contributed by atoms with van der Waals surface area (Å²) in [7, 11) is 0. The zero-order valence-corrected chi connectivity index (χ0v) is 19.2. The van der Waals surface area contributed by atoms with E-state index in [1.165, 1.54) is 43.1 Å². The second-order valence-corrected chi connectivity index (χ2v) is 10.1. The van der Waals surface area contributed by atoms with Crippen molar-refractivity contribution in [3.63, 3.8) is 0 Å². The molecule has 1 N–H and O–H groups in total. The molecule has 0 radical (unpaired) electrons. The van der Waals surface area contributed by atoms with Crippen molar-refractivity contribution in [3.8, 4) is 0 Å². The van der Waals surface area contributed by atoms with Crippen LogP contribution in [0.15, 0.2) is 29.4 Å². The Bertz CT molecular complexity index is 991. The van der Waals surface area contributed by atoms with Gasteiger partial charge >= 0.3 is 0 Å². The molecule has 1 saturated carbocycles. The van der Waals surface area contributed by atoms with Crippen LogP contribution in [-0.2, 0) is 9.59 Å². The van der Waals surface area contributed by atoms with Gasteiger partial charge in [-0.2, -0.15) is 0 Å². The SMILES string of the molecule is Cc1nc(SC(C)C(=O)N2c3ccccc3NC(=O)C2(C)C)n(C2CCCC2)c1C. The number of anilines is 2. The van der Waals surface area contributed by atoms with Gasteiger partial charge in [0.15, 0.2) is 5.16 Å². The summed E-state index contributed by atoms with van der Waals surface area (Å²) in [6, 6.07) is 7.94. The number of carbonyl (C=O) groups is 2. The highest BCUT2D eigenvalue weighted by atomic mass is 32.2. The number of carbonyl (C=O) groups excluding carboxylic acids is 2. The minimum Gasteiger partial charge on any atom is -0.322 e. The maximum Gasteiger partial charge on any atom is 0.250 e. The number of nitrogens with zero attached hydrogens (tertiary/aromatic N) is 3. The fraction of sp³-hybridized carbons (Fsp3) is 0.522. The molecule has 1 atom stereocenters. The number of thioether (sulfide) groups is 1. The molecule has 1 aliphatic carbocycles. The summed E-state index contributed by atoms with van der Waals surface area (Å²) in [5.74, 6) is -0.255. The zero-order chi connectivity index (χ0) is 21.6. The smallest absolute Gasteiger partial charge is 0.250 e. The summed E-state index contributed by atoms with van der Waals surface area (Å²) in [6.07, 6.45) is 4.82. The van der Waals surface area contributed by atoms with E-state index in [1.54, 1.807) is 18.7 Å². The number of hydrogen-bond acceptors (Lipinski definition) is 4. The molecule has 0 bridgehead atoms. The number of imidazole rings is 1. The molecule has 0 saturated heterocycles. The quantitative estimate of drug-likeness (QED) is 0.709. The van der Waals surface area contributed by atoms with Gasteiger partial charge in [0.25, 0.3) is 0 Å². The van der Waals surface area contributed by atoms with E-state index < -0.39 is 5.54 Å². The highest BCUT2D eigenvalue weighted by molar-refractivity contribution is 8.00. The van der Waals surface area contributed by atoms with Gasteiger partial charge in [-0.25, -0.2) is 4.98 Å². The number of hydrogen-bond donors (Lipinski definition) is 1. The standard InChI is InChI=1S/C23H30N4O2S/c1-14-15(2)26(17-10-6-7-11-17)22(24-14)30-16(3)20(28)27-19-13-9-8-12-18(19)25-21(29)23(27,4)5/h8-9,12-13,16-17H,6-7,10-11H2,1-5H3,(H,25,29). The summed E-state index contributed by atoms with van der Waals surface area (Å²) in [5, 5.41) is 3.46. The Morgan fingerprint density at radius 3 is 2.60 bits per heavy atom. The van der Waals surface area contributed by atoms with Gasteiger partial charge in [-0.3, -0.25) is 14.5 Å². The topological polar surface area (TPSA) is 67.2 Å². The van der Waals surface area contributed by atoms with E-state index in [-0.39, 0.29) is 17.1 Å². The highest BCUT2D eigenvalue weighted by Gasteiger charge is 2.45. The third kappa shape index (κ3) is 3.43. The van der Waals surface area contributed by atoms with Gasteiger partial charge in [0.1, 0.15) is 5.54 Å². The van der Waals surface area contributed by atoms with Crippen molar-refractivity contribution in [2.24, 2.45) is 0 Å². The van der Waals surface area contributed by atoms with Crippen LogP contribution in [0.1, 0.15) is 63.9 Å². The molecular formula is C23H30N4O2S. The summed E-state index contributed by atoms with van der Waals surface area (Å²) in [5.41, 5.74) is 2.66. The van der Waals surface area contributed by atoms with Crippen LogP contribution in [-0.4, -0.2) is 32.2 Å². The lowest BCUT2D eigenvalue weighted by atomic mass is 9.96. The lowest BCUT2D eigenvalue weighted by molar-refractivity contribution is -0.126. The van der Waals surface area contributed by atoms with Crippen molar-refractivity contribution < 1.29 is 9.59 Å².